The lowest BCUT2D eigenvalue weighted by Crippen LogP contribution is -2.63. The SMILES string of the molecule is O=C(c1ccc(Br)cc1F)N1CCNCC12CCCCC2. The Morgan fingerprint density at radius 1 is 1.29 bits per heavy atom. The summed E-state index contributed by atoms with van der Waals surface area (Å²) >= 11 is 3.24. The molecule has 1 saturated heterocycles. The predicted molar refractivity (Wildman–Crippen MR) is 83.8 cm³/mol. The third-order valence-corrected chi connectivity index (χ3v) is 5.22. The summed E-state index contributed by atoms with van der Waals surface area (Å²) in [5, 5.41) is 3.41. The summed E-state index contributed by atoms with van der Waals surface area (Å²) in [6.45, 7) is 2.27. The van der Waals surface area contributed by atoms with Crippen molar-refractivity contribution in [2.75, 3.05) is 19.6 Å². The second-order valence-electron chi connectivity index (χ2n) is 6.04. The first-order valence-electron chi connectivity index (χ1n) is 7.60. The summed E-state index contributed by atoms with van der Waals surface area (Å²) in [5.41, 5.74) is 0.0673. The lowest BCUT2D eigenvalue weighted by Gasteiger charge is -2.49. The Labute approximate surface area is 133 Å². The van der Waals surface area contributed by atoms with Gasteiger partial charge in [-0.25, -0.2) is 4.39 Å². The molecule has 5 heteroatoms. The fourth-order valence-electron chi connectivity index (χ4n) is 3.63. The molecule has 1 aromatic carbocycles. The molecule has 1 aliphatic carbocycles. The first-order chi connectivity index (χ1) is 10.1. The van der Waals surface area contributed by atoms with E-state index in [2.05, 4.69) is 21.2 Å². The van der Waals surface area contributed by atoms with E-state index in [-0.39, 0.29) is 17.0 Å². The quantitative estimate of drug-likeness (QED) is 0.838. The van der Waals surface area contributed by atoms with Gasteiger partial charge in [0.05, 0.1) is 11.1 Å². The number of nitrogens with zero attached hydrogens (tertiary/aromatic N) is 1. The molecule has 0 aromatic heterocycles. The van der Waals surface area contributed by atoms with Gasteiger partial charge in [0.15, 0.2) is 0 Å². The molecule has 3 rings (SSSR count). The zero-order valence-electron chi connectivity index (χ0n) is 12.0. The molecular formula is C16H20BrFN2O. The van der Waals surface area contributed by atoms with Crippen LogP contribution < -0.4 is 5.32 Å². The Hall–Kier alpha value is -0.940. The van der Waals surface area contributed by atoms with Crippen molar-refractivity contribution in [3.8, 4) is 0 Å². The molecule has 1 N–H and O–H groups in total. The summed E-state index contributed by atoms with van der Waals surface area (Å²) < 4.78 is 14.8. The topological polar surface area (TPSA) is 32.3 Å². The third kappa shape index (κ3) is 2.86. The highest BCUT2D eigenvalue weighted by Crippen LogP contribution is 2.35. The van der Waals surface area contributed by atoms with Crippen LogP contribution in [0.25, 0.3) is 0 Å². The number of nitrogens with one attached hydrogen (secondary N) is 1. The predicted octanol–water partition coefficient (Wildman–Crippen LogP) is 3.34. The molecule has 0 atom stereocenters. The van der Waals surface area contributed by atoms with Gasteiger partial charge in [0.1, 0.15) is 5.82 Å². The molecule has 0 radical (unpaired) electrons. The van der Waals surface area contributed by atoms with Crippen molar-refractivity contribution in [2.45, 2.75) is 37.6 Å². The molecular weight excluding hydrogens is 335 g/mol. The molecule has 21 heavy (non-hydrogen) atoms. The molecule has 114 valence electrons. The van der Waals surface area contributed by atoms with Crippen LogP contribution in [0.3, 0.4) is 0 Å². The second kappa shape index (κ2) is 6.05. The van der Waals surface area contributed by atoms with Crippen molar-refractivity contribution in [3.05, 3.63) is 34.1 Å². The van der Waals surface area contributed by atoms with Crippen molar-refractivity contribution in [2.24, 2.45) is 0 Å². The Balaban J connectivity index is 1.90. The van der Waals surface area contributed by atoms with Gasteiger partial charge < -0.3 is 10.2 Å². The average molecular weight is 355 g/mol. The van der Waals surface area contributed by atoms with E-state index in [1.165, 1.54) is 12.5 Å². The maximum Gasteiger partial charge on any atom is 0.257 e. The van der Waals surface area contributed by atoms with Gasteiger partial charge in [-0.1, -0.05) is 35.2 Å². The molecule has 3 nitrogen and oxygen atoms in total. The minimum Gasteiger partial charge on any atom is -0.330 e. The minimum absolute atomic E-state index is 0.118. The third-order valence-electron chi connectivity index (χ3n) is 4.73. The van der Waals surface area contributed by atoms with Crippen molar-refractivity contribution in [1.82, 2.24) is 10.2 Å². The lowest BCUT2D eigenvalue weighted by atomic mass is 9.78. The number of hydrogen-bond acceptors (Lipinski definition) is 2. The van der Waals surface area contributed by atoms with E-state index in [9.17, 15) is 9.18 Å². The van der Waals surface area contributed by atoms with Crippen LogP contribution in [-0.2, 0) is 0 Å². The zero-order chi connectivity index (χ0) is 14.9. The number of benzene rings is 1. The summed E-state index contributed by atoms with van der Waals surface area (Å²) in [7, 11) is 0. The molecule has 0 bridgehead atoms. The summed E-state index contributed by atoms with van der Waals surface area (Å²) in [6.07, 6.45) is 5.56. The van der Waals surface area contributed by atoms with Crippen LogP contribution in [-0.4, -0.2) is 36.0 Å². The molecule has 1 spiro atoms. The van der Waals surface area contributed by atoms with Gasteiger partial charge in [0.2, 0.25) is 0 Å². The standard InChI is InChI=1S/C16H20BrFN2O/c17-12-4-5-13(14(18)10-12)15(21)20-9-8-19-11-16(20)6-2-1-3-7-16/h4-5,10,19H,1-3,6-9,11H2. The number of carbonyl (C=O) groups is 1. The maximum atomic E-state index is 14.1. The Bertz CT molecular complexity index is 535. The van der Waals surface area contributed by atoms with E-state index in [4.69, 9.17) is 0 Å². The number of hydrogen-bond donors (Lipinski definition) is 1. The molecule has 1 amide bonds. The van der Waals surface area contributed by atoms with E-state index >= 15 is 0 Å². The van der Waals surface area contributed by atoms with Crippen LogP contribution in [0.4, 0.5) is 4.39 Å². The van der Waals surface area contributed by atoms with Crippen LogP contribution in [0.5, 0.6) is 0 Å². The molecule has 0 unspecified atom stereocenters. The first kappa shape index (κ1) is 15.0. The van der Waals surface area contributed by atoms with Gasteiger partial charge in [-0.2, -0.15) is 0 Å². The van der Waals surface area contributed by atoms with Crippen LogP contribution in [0, 0.1) is 5.82 Å². The van der Waals surface area contributed by atoms with Gasteiger partial charge in [0, 0.05) is 24.1 Å². The van der Waals surface area contributed by atoms with E-state index in [0.717, 1.165) is 38.8 Å². The van der Waals surface area contributed by atoms with Gasteiger partial charge in [-0.15, -0.1) is 0 Å². The maximum absolute atomic E-state index is 14.1. The fourth-order valence-corrected chi connectivity index (χ4v) is 3.96. The van der Waals surface area contributed by atoms with Crippen LogP contribution in [0.2, 0.25) is 0 Å². The van der Waals surface area contributed by atoms with Gasteiger partial charge >= 0.3 is 0 Å². The monoisotopic (exact) mass is 354 g/mol. The highest BCUT2D eigenvalue weighted by molar-refractivity contribution is 9.10. The van der Waals surface area contributed by atoms with E-state index in [1.54, 1.807) is 12.1 Å². The Kier molecular flexibility index (Phi) is 4.31. The summed E-state index contributed by atoms with van der Waals surface area (Å²) in [6, 6.07) is 4.68. The zero-order valence-corrected chi connectivity index (χ0v) is 13.6. The Morgan fingerprint density at radius 3 is 2.76 bits per heavy atom. The van der Waals surface area contributed by atoms with Gasteiger partial charge in [-0.05, 0) is 31.0 Å². The second-order valence-corrected chi connectivity index (χ2v) is 6.96. The highest BCUT2D eigenvalue weighted by atomic mass is 79.9. The smallest absolute Gasteiger partial charge is 0.257 e. The van der Waals surface area contributed by atoms with Crippen molar-refractivity contribution in [3.63, 3.8) is 0 Å². The van der Waals surface area contributed by atoms with E-state index < -0.39 is 5.82 Å². The summed E-state index contributed by atoms with van der Waals surface area (Å²) in [4.78, 5) is 14.8. The van der Waals surface area contributed by atoms with Crippen molar-refractivity contribution < 1.29 is 9.18 Å². The molecule has 2 fully saturated rings. The number of amides is 1. The van der Waals surface area contributed by atoms with Crippen LogP contribution in [0.1, 0.15) is 42.5 Å². The van der Waals surface area contributed by atoms with Crippen molar-refractivity contribution >= 4 is 21.8 Å². The number of rotatable bonds is 1. The molecule has 1 heterocycles. The lowest BCUT2D eigenvalue weighted by molar-refractivity contribution is 0.0219. The van der Waals surface area contributed by atoms with E-state index in [1.807, 2.05) is 4.90 Å². The summed E-state index contributed by atoms with van der Waals surface area (Å²) in [5.74, 6) is -0.609. The van der Waals surface area contributed by atoms with Crippen molar-refractivity contribution in [1.29, 1.82) is 0 Å². The molecule has 1 aromatic rings. The van der Waals surface area contributed by atoms with E-state index in [0.29, 0.717) is 11.0 Å². The minimum atomic E-state index is -0.445. The highest BCUT2D eigenvalue weighted by Gasteiger charge is 2.42. The van der Waals surface area contributed by atoms with Gasteiger partial charge in [0.25, 0.3) is 5.91 Å². The number of piperazine rings is 1. The van der Waals surface area contributed by atoms with Crippen LogP contribution in [0.15, 0.2) is 22.7 Å². The fraction of sp³-hybridized carbons (Fsp3) is 0.562. The first-order valence-corrected chi connectivity index (χ1v) is 8.39. The molecule has 2 aliphatic rings. The normalized spacial score (nSPS) is 21.5. The number of carbonyl (C=O) groups excluding carboxylic acids is 1. The molecule has 1 saturated carbocycles. The average Bonchev–Trinajstić information content (AvgIpc) is 2.48. The largest absolute Gasteiger partial charge is 0.330 e. The van der Waals surface area contributed by atoms with Gasteiger partial charge in [-0.3, -0.25) is 4.79 Å². The molecule has 1 aliphatic heterocycles. The Morgan fingerprint density at radius 2 is 2.05 bits per heavy atom. The number of halogens is 2. The van der Waals surface area contributed by atoms with Crippen LogP contribution >= 0.6 is 15.9 Å².